The largest absolute Gasteiger partial charge is 0.367 e. The van der Waals surface area contributed by atoms with Gasteiger partial charge in [-0.05, 0) is 32.4 Å². The van der Waals surface area contributed by atoms with Gasteiger partial charge in [-0.2, -0.15) is 0 Å². The van der Waals surface area contributed by atoms with Crippen molar-refractivity contribution in [3.8, 4) is 0 Å². The zero-order valence-corrected chi connectivity index (χ0v) is 12.6. The number of nitrogens with zero attached hydrogens (tertiary/aromatic N) is 1. The van der Waals surface area contributed by atoms with Crippen LogP contribution < -0.4 is 4.90 Å². The summed E-state index contributed by atoms with van der Waals surface area (Å²) >= 11 is 0. The lowest BCUT2D eigenvalue weighted by Crippen LogP contribution is -2.26. The molecule has 104 valence electrons. The van der Waals surface area contributed by atoms with Crippen LogP contribution in [0.2, 0.25) is 0 Å². The standard InChI is InChI=1S/C18H21NO/c1-13-5-8-16(9-6-13)18(20)12-19(4)17-10-7-14(2)11-15(17)3/h5-11H,12H2,1-4H3. The molecule has 0 atom stereocenters. The summed E-state index contributed by atoms with van der Waals surface area (Å²) in [5.74, 6) is 0.146. The van der Waals surface area contributed by atoms with Gasteiger partial charge in [0.25, 0.3) is 0 Å². The highest BCUT2D eigenvalue weighted by molar-refractivity contribution is 5.99. The summed E-state index contributed by atoms with van der Waals surface area (Å²) in [5.41, 5.74) is 5.49. The molecule has 0 unspecified atom stereocenters. The fraction of sp³-hybridized carbons (Fsp3) is 0.278. The van der Waals surface area contributed by atoms with Crippen molar-refractivity contribution in [3.63, 3.8) is 0 Å². The molecular formula is C18H21NO. The first kappa shape index (κ1) is 14.3. The van der Waals surface area contributed by atoms with E-state index in [-0.39, 0.29) is 5.78 Å². The highest BCUT2D eigenvalue weighted by Gasteiger charge is 2.11. The molecule has 0 fully saturated rings. The Balaban J connectivity index is 2.12. The molecule has 2 rings (SSSR count). The number of rotatable bonds is 4. The smallest absolute Gasteiger partial charge is 0.182 e. The number of hydrogen-bond donors (Lipinski definition) is 0. The van der Waals surface area contributed by atoms with Crippen LogP contribution in [0.5, 0.6) is 0 Å². The molecule has 0 spiro atoms. The first-order valence-electron chi connectivity index (χ1n) is 6.85. The number of carbonyl (C=O) groups excluding carboxylic acids is 1. The summed E-state index contributed by atoms with van der Waals surface area (Å²) in [6.07, 6.45) is 0. The molecule has 2 heteroatoms. The van der Waals surface area contributed by atoms with Crippen LogP contribution in [-0.4, -0.2) is 19.4 Å². The Morgan fingerprint density at radius 1 is 0.950 bits per heavy atom. The molecule has 0 N–H and O–H groups in total. The van der Waals surface area contributed by atoms with Crippen molar-refractivity contribution in [1.29, 1.82) is 0 Å². The van der Waals surface area contributed by atoms with Crippen LogP contribution in [0, 0.1) is 20.8 Å². The molecule has 2 nitrogen and oxygen atoms in total. The van der Waals surface area contributed by atoms with Crippen molar-refractivity contribution in [2.24, 2.45) is 0 Å². The van der Waals surface area contributed by atoms with Crippen molar-refractivity contribution in [2.45, 2.75) is 20.8 Å². The molecule has 0 aliphatic rings. The topological polar surface area (TPSA) is 20.3 Å². The van der Waals surface area contributed by atoms with Crippen molar-refractivity contribution < 1.29 is 4.79 Å². The summed E-state index contributed by atoms with van der Waals surface area (Å²) in [7, 11) is 1.96. The Hall–Kier alpha value is -2.09. The number of aryl methyl sites for hydroxylation is 3. The van der Waals surface area contributed by atoms with Gasteiger partial charge in [-0.1, -0.05) is 47.5 Å². The molecule has 0 aliphatic carbocycles. The molecule has 20 heavy (non-hydrogen) atoms. The number of ketones is 1. The van der Waals surface area contributed by atoms with Gasteiger partial charge < -0.3 is 4.90 Å². The summed E-state index contributed by atoms with van der Waals surface area (Å²) in [5, 5.41) is 0. The van der Waals surface area contributed by atoms with Crippen molar-refractivity contribution in [3.05, 3.63) is 64.7 Å². The minimum atomic E-state index is 0.146. The predicted molar refractivity (Wildman–Crippen MR) is 84.7 cm³/mol. The monoisotopic (exact) mass is 267 g/mol. The Labute approximate surface area is 121 Å². The van der Waals surface area contributed by atoms with Crippen molar-refractivity contribution in [1.82, 2.24) is 0 Å². The number of carbonyl (C=O) groups is 1. The number of benzene rings is 2. The van der Waals surface area contributed by atoms with E-state index in [1.54, 1.807) is 0 Å². The zero-order valence-electron chi connectivity index (χ0n) is 12.6. The van der Waals surface area contributed by atoms with Crippen LogP contribution in [-0.2, 0) is 0 Å². The number of anilines is 1. The minimum absolute atomic E-state index is 0.146. The van der Waals surface area contributed by atoms with E-state index in [1.165, 1.54) is 16.7 Å². The average molecular weight is 267 g/mol. The summed E-state index contributed by atoms with van der Waals surface area (Å²) in [6.45, 7) is 6.58. The van der Waals surface area contributed by atoms with Crippen molar-refractivity contribution in [2.75, 3.05) is 18.5 Å². The molecule has 0 saturated heterocycles. The maximum absolute atomic E-state index is 12.3. The molecule has 0 saturated carbocycles. The van der Waals surface area contributed by atoms with Gasteiger partial charge in [-0.25, -0.2) is 0 Å². The van der Waals surface area contributed by atoms with Crippen LogP contribution in [0.25, 0.3) is 0 Å². The third kappa shape index (κ3) is 3.27. The second-order valence-corrected chi connectivity index (χ2v) is 5.44. The molecule has 0 amide bonds. The second-order valence-electron chi connectivity index (χ2n) is 5.44. The van der Waals surface area contributed by atoms with E-state index < -0.39 is 0 Å². The molecule has 0 radical (unpaired) electrons. The Morgan fingerprint density at radius 3 is 2.15 bits per heavy atom. The Kier molecular flexibility index (Phi) is 4.23. The van der Waals surface area contributed by atoms with Crippen LogP contribution in [0.15, 0.2) is 42.5 Å². The number of likely N-dealkylation sites (N-methyl/N-ethyl adjacent to an activating group) is 1. The average Bonchev–Trinajstić information content (AvgIpc) is 2.39. The maximum Gasteiger partial charge on any atom is 0.182 e. The fourth-order valence-electron chi connectivity index (χ4n) is 2.37. The summed E-state index contributed by atoms with van der Waals surface area (Å²) < 4.78 is 0. The molecule has 2 aromatic carbocycles. The van der Waals surface area contributed by atoms with E-state index in [0.717, 1.165) is 11.3 Å². The van der Waals surface area contributed by atoms with E-state index >= 15 is 0 Å². The molecule has 0 aromatic heterocycles. The predicted octanol–water partition coefficient (Wildman–Crippen LogP) is 3.93. The van der Waals surface area contributed by atoms with E-state index in [9.17, 15) is 4.79 Å². The maximum atomic E-state index is 12.3. The number of Topliss-reactive ketones (excluding diaryl/α,β-unsaturated/α-hetero) is 1. The van der Waals surface area contributed by atoms with Gasteiger partial charge in [0.05, 0.1) is 6.54 Å². The van der Waals surface area contributed by atoms with Gasteiger partial charge in [0.15, 0.2) is 5.78 Å². The van der Waals surface area contributed by atoms with Gasteiger partial charge in [0.1, 0.15) is 0 Å². The third-order valence-electron chi connectivity index (χ3n) is 3.52. The van der Waals surface area contributed by atoms with Gasteiger partial charge in [-0.3, -0.25) is 4.79 Å². The van der Waals surface area contributed by atoms with Gasteiger partial charge in [0, 0.05) is 18.3 Å². The molecule has 0 heterocycles. The molecule has 0 bridgehead atoms. The normalized spacial score (nSPS) is 10.4. The second kappa shape index (κ2) is 5.91. The molecule has 2 aromatic rings. The molecular weight excluding hydrogens is 246 g/mol. The zero-order chi connectivity index (χ0) is 14.7. The Bertz CT molecular complexity index is 614. The van der Waals surface area contributed by atoms with E-state index in [1.807, 2.05) is 43.1 Å². The van der Waals surface area contributed by atoms with E-state index in [4.69, 9.17) is 0 Å². The highest BCUT2D eigenvalue weighted by Crippen LogP contribution is 2.20. The van der Waals surface area contributed by atoms with Crippen LogP contribution in [0.1, 0.15) is 27.0 Å². The first-order valence-corrected chi connectivity index (χ1v) is 6.85. The van der Waals surface area contributed by atoms with Crippen molar-refractivity contribution >= 4 is 11.5 Å². The third-order valence-corrected chi connectivity index (χ3v) is 3.52. The lowest BCUT2D eigenvalue weighted by atomic mass is 10.1. The SMILES string of the molecule is Cc1ccc(C(=O)CN(C)c2ccc(C)cc2C)cc1. The van der Waals surface area contributed by atoms with Gasteiger partial charge in [0.2, 0.25) is 0 Å². The quantitative estimate of drug-likeness (QED) is 0.782. The lowest BCUT2D eigenvalue weighted by molar-refractivity contribution is 0.100. The van der Waals surface area contributed by atoms with Gasteiger partial charge >= 0.3 is 0 Å². The fourth-order valence-corrected chi connectivity index (χ4v) is 2.37. The van der Waals surface area contributed by atoms with Crippen LogP contribution in [0.4, 0.5) is 5.69 Å². The lowest BCUT2D eigenvalue weighted by Gasteiger charge is -2.21. The van der Waals surface area contributed by atoms with Crippen LogP contribution >= 0.6 is 0 Å². The minimum Gasteiger partial charge on any atom is -0.367 e. The van der Waals surface area contributed by atoms with E-state index in [2.05, 4.69) is 32.0 Å². The van der Waals surface area contributed by atoms with Gasteiger partial charge in [-0.15, -0.1) is 0 Å². The van der Waals surface area contributed by atoms with Crippen LogP contribution in [0.3, 0.4) is 0 Å². The number of hydrogen-bond acceptors (Lipinski definition) is 2. The first-order chi connectivity index (χ1) is 9.47. The Morgan fingerprint density at radius 2 is 1.55 bits per heavy atom. The summed E-state index contributed by atoms with van der Waals surface area (Å²) in [4.78, 5) is 14.3. The van der Waals surface area contributed by atoms with E-state index in [0.29, 0.717) is 6.54 Å². The highest BCUT2D eigenvalue weighted by atomic mass is 16.1. The molecule has 0 aliphatic heterocycles. The summed E-state index contributed by atoms with van der Waals surface area (Å²) in [6, 6.07) is 14.0.